The normalized spacial score (nSPS) is 21.2. The number of imidazole rings is 1. The van der Waals surface area contributed by atoms with E-state index in [2.05, 4.69) is 24.7 Å². The molecule has 166 valence electrons. The van der Waals surface area contributed by atoms with Gasteiger partial charge in [-0.05, 0) is 12.3 Å². The van der Waals surface area contributed by atoms with Crippen molar-refractivity contribution in [2.45, 2.75) is 19.3 Å². The van der Waals surface area contributed by atoms with Crippen molar-refractivity contribution in [1.29, 1.82) is 0 Å². The van der Waals surface area contributed by atoms with Gasteiger partial charge in [0.1, 0.15) is 5.69 Å². The highest BCUT2D eigenvalue weighted by molar-refractivity contribution is 7.96. The molecule has 7 nitrogen and oxygen atoms in total. The van der Waals surface area contributed by atoms with E-state index in [9.17, 15) is 17.6 Å². The summed E-state index contributed by atoms with van der Waals surface area (Å²) in [5.41, 5.74) is 0.956. The Morgan fingerprint density at radius 2 is 2.03 bits per heavy atom. The molecule has 0 aliphatic carbocycles. The predicted molar refractivity (Wildman–Crippen MR) is 110 cm³/mol. The first-order valence-electron chi connectivity index (χ1n) is 9.64. The zero-order valence-electron chi connectivity index (χ0n) is 16.8. The monoisotopic (exact) mass is 455 g/mol. The number of rotatable bonds is 6. The summed E-state index contributed by atoms with van der Waals surface area (Å²) >= 11 is 1.30. The number of aromatic nitrogens is 5. The average molecular weight is 455 g/mol. The Morgan fingerprint density at radius 3 is 2.77 bits per heavy atom. The topological polar surface area (TPSA) is 71.2 Å². The summed E-state index contributed by atoms with van der Waals surface area (Å²) in [6.07, 6.45) is 4.60. The smallest absolute Gasteiger partial charge is 0.281 e. The van der Waals surface area contributed by atoms with Gasteiger partial charge < -0.3 is 4.90 Å². The van der Waals surface area contributed by atoms with E-state index in [0.717, 1.165) is 0 Å². The van der Waals surface area contributed by atoms with Gasteiger partial charge in [0.25, 0.3) is 12.3 Å². The lowest BCUT2D eigenvalue weighted by Gasteiger charge is -2.42. The van der Waals surface area contributed by atoms with Crippen LogP contribution < -0.4 is 9.62 Å². The van der Waals surface area contributed by atoms with Gasteiger partial charge in [0.05, 0.1) is 29.7 Å². The second-order valence-electron chi connectivity index (χ2n) is 7.46. The zero-order valence-corrected chi connectivity index (χ0v) is 17.7. The van der Waals surface area contributed by atoms with Gasteiger partial charge in [0, 0.05) is 37.9 Å². The summed E-state index contributed by atoms with van der Waals surface area (Å²) in [4.78, 5) is 18.5. The molecular formula is C19H21F4N7S. The highest BCUT2D eigenvalue weighted by Gasteiger charge is 2.49. The van der Waals surface area contributed by atoms with Crippen LogP contribution in [0.5, 0.6) is 0 Å². The van der Waals surface area contributed by atoms with Gasteiger partial charge in [-0.3, -0.25) is 9.12 Å². The molecule has 0 radical (unpaired) electrons. The third-order valence-corrected chi connectivity index (χ3v) is 5.89. The van der Waals surface area contributed by atoms with Gasteiger partial charge in [-0.2, -0.15) is 0 Å². The predicted octanol–water partition coefficient (Wildman–Crippen LogP) is 3.70. The molecule has 0 aromatic carbocycles. The molecule has 1 aliphatic rings. The fourth-order valence-corrected chi connectivity index (χ4v) is 4.08. The minimum atomic E-state index is -2.81. The van der Waals surface area contributed by atoms with Gasteiger partial charge in [0.15, 0.2) is 5.65 Å². The SMILES string of the molecule is CSNCC1CN(c2nccc(-c3cnc4cnc(C(F)F)cn34)n2)CC(C)C1(F)F. The number of nitrogens with zero attached hydrogens (tertiary/aromatic N) is 6. The molecule has 1 aliphatic heterocycles. The van der Waals surface area contributed by atoms with Crippen molar-refractivity contribution in [1.82, 2.24) is 29.1 Å². The quantitative estimate of drug-likeness (QED) is 0.449. The highest BCUT2D eigenvalue weighted by atomic mass is 32.2. The molecule has 1 saturated heterocycles. The number of nitrogens with one attached hydrogen (secondary N) is 1. The van der Waals surface area contributed by atoms with Crippen LogP contribution in [0.15, 0.2) is 30.9 Å². The Balaban J connectivity index is 1.66. The van der Waals surface area contributed by atoms with E-state index < -0.39 is 24.2 Å². The molecule has 0 spiro atoms. The van der Waals surface area contributed by atoms with Crippen LogP contribution >= 0.6 is 11.9 Å². The third-order valence-electron chi connectivity index (χ3n) is 5.44. The van der Waals surface area contributed by atoms with Crippen LogP contribution in [0.25, 0.3) is 17.0 Å². The summed E-state index contributed by atoms with van der Waals surface area (Å²) in [6.45, 7) is 1.89. The first-order chi connectivity index (χ1) is 14.8. The minimum absolute atomic E-state index is 0.0982. The van der Waals surface area contributed by atoms with Crippen LogP contribution in [-0.2, 0) is 0 Å². The molecule has 4 rings (SSSR count). The largest absolute Gasteiger partial charge is 0.340 e. The Labute approximate surface area is 180 Å². The minimum Gasteiger partial charge on any atom is -0.340 e. The number of anilines is 1. The molecule has 2 atom stereocenters. The second kappa shape index (κ2) is 8.58. The lowest BCUT2D eigenvalue weighted by Crippen LogP contribution is -2.55. The summed E-state index contributed by atoms with van der Waals surface area (Å²) in [7, 11) is 0. The van der Waals surface area contributed by atoms with Gasteiger partial charge >= 0.3 is 0 Å². The van der Waals surface area contributed by atoms with Crippen molar-refractivity contribution in [3.63, 3.8) is 0 Å². The first kappa shape index (κ1) is 21.8. The maximum atomic E-state index is 14.7. The average Bonchev–Trinajstić information content (AvgIpc) is 3.18. The standard InChI is InChI=1S/C19H21F4N7S/c1-11-8-29(9-12(5-27-31-2)19(11,22)23)18-24-4-3-13(28-18)15-6-26-16-7-25-14(17(20)21)10-30(15)16/h3-4,6-7,10-12,17,27H,5,8-9H2,1-2H3. The first-order valence-corrected chi connectivity index (χ1v) is 10.9. The Kier molecular flexibility index (Phi) is 6.02. The van der Waals surface area contributed by atoms with Gasteiger partial charge in [-0.25, -0.2) is 37.5 Å². The summed E-state index contributed by atoms with van der Waals surface area (Å²) in [6, 6.07) is 1.63. The van der Waals surface area contributed by atoms with E-state index >= 15 is 0 Å². The molecule has 1 N–H and O–H groups in total. The van der Waals surface area contributed by atoms with Crippen molar-refractivity contribution in [2.75, 3.05) is 30.8 Å². The van der Waals surface area contributed by atoms with Crippen LogP contribution in [0.4, 0.5) is 23.5 Å². The van der Waals surface area contributed by atoms with Crippen LogP contribution in [-0.4, -0.2) is 56.1 Å². The van der Waals surface area contributed by atoms with Crippen LogP contribution in [0.3, 0.4) is 0 Å². The van der Waals surface area contributed by atoms with E-state index in [1.54, 1.807) is 17.2 Å². The lowest BCUT2D eigenvalue weighted by atomic mass is 9.86. The van der Waals surface area contributed by atoms with Crippen LogP contribution in [0, 0.1) is 11.8 Å². The number of piperidine rings is 1. The fraction of sp³-hybridized carbons (Fsp3) is 0.474. The van der Waals surface area contributed by atoms with Crippen molar-refractivity contribution >= 4 is 23.5 Å². The maximum absolute atomic E-state index is 14.7. The molecular weight excluding hydrogens is 434 g/mol. The van der Waals surface area contributed by atoms with Gasteiger partial charge in [0.2, 0.25) is 5.95 Å². The van der Waals surface area contributed by atoms with Crippen molar-refractivity contribution in [2.24, 2.45) is 11.8 Å². The molecule has 3 aromatic heterocycles. The lowest BCUT2D eigenvalue weighted by molar-refractivity contribution is -0.108. The Hall–Kier alpha value is -2.47. The Bertz CT molecular complexity index is 1060. The summed E-state index contributed by atoms with van der Waals surface area (Å²) in [5, 5.41) is 0. The molecule has 4 heterocycles. The molecule has 2 unspecified atom stereocenters. The van der Waals surface area contributed by atoms with Crippen LogP contribution in [0.2, 0.25) is 0 Å². The molecule has 3 aromatic rings. The second-order valence-corrected chi connectivity index (χ2v) is 8.15. The molecule has 31 heavy (non-hydrogen) atoms. The number of alkyl halides is 4. The van der Waals surface area contributed by atoms with E-state index in [1.807, 2.05) is 0 Å². The zero-order chi connectivity index (χ0) is 22.2. The molecule has 0 bridgehead atoms. The van der Waals surface area contributed by atoms with E-state index in [0.29, 0.717) is 23.0 Å². The van der Waals surface area contributed by atoms with Crippen molar-refractivity contribution in [3.8, 4) is 11.4 Å². The van der Waals surface area contributed by atoms with Crippen molar-refractivity contribution < 1.29 is 17.6 Å². The highest BCUT2D eigenvalue weighted by Crippen LogP contribution is 2.38. The van der Waals surface area contributed by atoms with Crippen molar-refractivity contribution in [3.05, 3.63) is 36.5 Å². The van der Waals surface area contributed by atoms with Crippen LogP contribution in [0.1, 0.15) is 19.0 Å². The Morgan fingerprint density at radius 1 is 1.23 bits per heavy atom. The molecule has 0 saturated carbocycles. The van der Waals surface area contributed by atoms with Gasteiger partial charge in [-0.15, -0.1) is 0 Å². The van der Waals surface area contributed by atoms with E-state index in [-0.39, 0.29) is 25.3 Å². The summed E-state index contributed by atoms with van der Waals surface area (Å²) in [5.74, 6) is -4.27. The van der Waals surface area contributed by atoms with Gasteiger partial charge in [-0.1, -0.05) is 18.9 Å². The number of halogens is 4. The number of fused-ring (bicyclic) bond motifs is 1. The van der Waals surface area contributed by atoms with E-state index in [4.69, 9.17) is 0 Å². The number of hydrogen-bond acceptors (Lipinski definition) is 7. The maximum Gasteiger partial charge on any atom is 0.281 e. The number of hydrogen-bond donors (Lipinski definition) is 1. The summed E-state index contributed by atoms with van der Waals surface area (Å²) < 4.78 is 59.9. The molecule has 0 amide bonds. The molecule has 12 heteroatoms. The van der Waals surface area contributed by atoms with E-state index in [1.165, 1.54) is 48.1 Å². The fourth-order valence-electron chi connectivity index (χ4n) is 3.71. The molecule has 1 fully saturated rings. The third kappa shape index (κ3) is 4.18.